The standard InChI is InChI=1S/C12H23N3O/c1-9-8-10(5-7-14(9)2)15-6-3-4-11(13)12(15)16/h9-11H,3-8,13H2,1-2H3. The van der Waals surface area contributed by atoms with E-state index >= 15 is 0 Å². The summed E-state index contributed by atoms with van der Waals surface area (Å²) < 4.78 is 0. The van der Waals surface area contributed by atoms with Gasteiger partial charge in [-0.25, -0.2) is 0 Å². The van der Waals surface area contributed by atoms with Crippen LogP contribution >= 0.6 is 0 Å². The third-order valence-corrected chi connectivity index (χ3v) is 4.14. The normalized spacial score (nSPS) is 37.8. The molecule has 2 N–H and O–H groups in total. The van der Waals surface area contributed by atoms with Gasteiger partial charge < -0.3 is 15.5 Å². The van der Waals surface area contributed by atoms with Gasteiger partial charge in [-0.15, -0.1) is 0 Å². The van der Waals surface area contributed by atoms with E-state index in [0.29, 0.717) is 12.1 Å². The summed E-state index contributed by atoms with van der Waals surface area (Å²) in [6.45, 7) is 4.24. The average Bonchev–Trinajstić information content (AvgIpc) is 2.26. The molecule has 0 aromatic heterocycles. The van der Waals surface area contributed by atoms with Crippen LogP contribution in [0.3, 0.4) is 0 Å². The highest BCUT2D eigenvalue weighted by molar-refractivity contribution is 5.82. The van der Waals surface area contributed by atoms with Crippen LogP contribution in [0.1, 0.15) is 32.6 Å². The molecule has 2 rings (SSSR count). The molecule has 2 fully saturated rings. The summed E-state index contributed by atoms with van der Waals surface area (Å²) in [7, 11) is 2.16. The van der Waals surface area contributed by atoms with E-state index < -0.39 is 0 Å². The van der Waals surface area contributed by atoms with E-state index in [1.165, 1.54) is 0 Å². The van der Waals surface area contributed by atoms with Gasteiger partial charge in [0.25, 0.3) is 0 Å². The van der Waals surface area contributed by atoms with E-state index in [9.17, 15) is 4.79 Å². The molecule has 2 aliphatic heterocycles. The summed E-state index contributed by atoms with van der Waals surface area (Å²) in [4.78, 5) is 16.4. The molecule has 2 aliphatic rings. The lowest BCUT2D eigenvalue weighted by molar-refractivity contribution is -0.138. The number of hydrogen-bond donors (Lipinski definition) is 1. The van der Waals surface area contributed by atoms with Gasteiger partial charge in [-0.2, -0.15) is 0 Å². The van der Waals surface area contributed by atoms with Crippen LogP contribution in [0.2, 0.25) is 0 Å². The van der Waals surface area contributed by atoms with Crippen LogP contribution in [0, 0.1) is 0 Å². The molecule has 2 saturated heterocycles. The Morgan fingerprint density at radius 3 is 2.75 bits per heavy atom. The minimum absolute atomic E-state index is 0.174. The molecule has 0 radical (unpaired) electrons. The first-order valence-electron chi connectivity index (χ1n) is 6.36. The number of rotatable bonds is 1. The third-order valence-electron chi connectivity index (χ3n) is 4.14. The zero-order valence-corrected chi connectivity index (χ0v) is 10.4. The van der Waals surface area contributed by atoms with Crippen LogP contribution in [0.15, 0.2) is 0 Å². The Bertz CT molecular complexity index is 269. The van der Waals surface area contributed by atoms with Crippen LogP contribution in [0.5, 0.6) is 0 Å². The highest BCUT2D eigenvalue weighted by atomic mass is 16.2. The summed E-state index contributed by atoms with van der Waals surface area (Å²) >= 11 is 0. The molecule has 4 heteroatoms. The van der Waals surface area contributed by atoms with E-state index in [1.807, 2.05) is 4.90 Å². The molecule has 1 amide bonds. The Labute approximate surface area is 97.8 Å². The Hall–Kier alpha value is -0.610. The Kier molecular flexibility index (Phi) is 3.50. The number of carbonyl (C=O) groups is 1. The van der Waals surface area contributed by atoms with Crippen molar-refractivity contribution in [1.29, 1.82) is 0 Å². The Balaban J connectivity index is 1.99. The first-order chi connectivity index (χ1) is 7.59. The summed E-state index contributed by atoms with van der Waals surface area (Å²) in [6.07, 6.45) is 4.11. The van der Waals surface area contributed by atoms with Gasteiger partial charge in [0.05, 0.1) is 6.04 Å². The average molecular weight is 225 g/mol. The zero-order chi connectivity index (χ0) is 11.7. The lowest BCUT2D eigenvalue weighted by Gasteiger charge is -2.43. The number of nitrogens with zero attached hydrogens (tertiary/aromatic N) is 2. The summed E-state index contributed by atoms with van der Waals surface area (Å²) in [5.74, 6) is 0.174. The molecule has 0 bridgehead atoms. The van der Waals surface area contributed by atoms with E-state index in [2.05, 4.69) is 18.9 Å². The quantitative estimate of drug-likeness (QED) is 0.703. The number of carbonyl (C=O) groups excluding carboxylic acids is 1. The van der Waals surface area contributed by atoms with Crippen molar-refractivity contribution in [1.82, 2.24) is 9.80 Å². The van der Waals surface area contributed by atoms with Crippen molar-refractivity contribution in [2.24, 2.45) is 5.73 Å². The van der Waals surface area contributed by atoms with E-state index in [4.69, 9.17) is 5.73 Å². The second kappa shape index (κ2) is 4.72. The minimum atomic E-state index is -0.247. The molecule has 3 unspecified atom stereocenters. The number of nitrogens with two attached hydrogens (primary N) is 1. The fourth-order valence-corrected chi connectivity index (χ4v) is 2.84. The monoisotopic (exact) mass is 225 g/mol. The smallest absolute Gasteiger partial charge is 0.239 e. The predicted molar refractivity (Wildman–Crippen MR) is 64.0 cm³/mol. The van der Waals surface area contributed by atoms with Gasteiger partial charge in [-0.1, -0.05) is 0 Å². The van der Waals surface area contributed by atoms with Crippen molar-refractivity contribution in [3.8, 4) is 0 Å². The maximum Gasteiger partial charge on any atom is 0.239 e. The Morgan fingerprint density at radius 1 is 1.31 bits per heavy atom. The summed E-state index contributed by atoms with van der Waals surface area (Å²) in [5, 5.41) is 0. The maximum absolute atomic E-state index is 12.0. The Morgan fingerprint density at radius 2 is 2.06 bits per heavy atom. The van der Waals surface area contributed by atoms with Gasteiger partial charge in [-0.3, -0.25) is 4.79 Å². The van der Waals surface area contributed by atoms with Crippen molar-refractivity contribution in [2.75, 3.05) is 20.1 Å². The molecule has 16 heavy (non-hydrogen) atoms. The van der Waals surface area contributed by atoms with Crippen molar-refractivity contribution >= 4 is 5.91 Å². The summed E-state index contributed by atoms with van der Waals surface area (Å²) in [6, 6.07) is 0.749. The third kappa shape index (κ3) is 2.23. The fraction of sp³-hybridized carbons (Fsp3) is 0.917. The molecule has 2 heterocycles. The number of amides is 1. The number of piperidine rings is 2. The van der Waals surface area contributed by atoms with Crippen molar-refractivity contribution < 1.29 is 4.79 Å². The molecule has 92 valence electrons. The molecule has 0 aliphatic carbocycles. The van der Waals surface area contributed by atoms with Crippen LogP contribution < -0.4 is 5.73 Å². The topological polar surface area (TPSA) is 49.6 Å². The molecule has 0 aromatic rings. The van der Waals surface area contributed by atoms with E-state index in [-0.39, 0.29) is 11.9 Å². The van der Waals surface area contributed by atoms with Crippen LogP contribution in [-0.2, 0) is 4.79 Å². The summed E-state index contributed by atoms with van der Waals surface area (Å²) in [5.41, 5.74) is 5.84. The van der Waals surface area contributed by atoms with E-state index in [0.717, 1.165) is 38.8 Å². The molecule has 0 spiro atoms. The largest absolute Gasteiger partial charge is 0.338 e. The van der Waals surface area contributed by atoms with Crippen molar-refractivity contribution in [2.45, 2.75) is 50.7 Å². The molecular weight excluding hydrogens is 202 g/mol. The lowest BCUT2D eigenvalue weighted by Crippen LogP contribution is -2.56. The van der Waals surface area contributed by atoms with Gasteiger partial charge in [0, 0.05) is 25.2 Å². The van der Waals surface area contributed by atoms with Crippen LogP contribution in [0.25, 0.3) is 0 Å². The number of hydrogen-bond acceptors (Lipinski definition) is 3. The SMILES string of the molecule is CC1CC(N2CCCC(N)C2=O)CCN1C. The number of likely N-dealkylation sites (tertiary alicyclic amines) is 2. The zero-order valence-electron chi connectivity index (χ0n) is 10.4. The fourth-order valence-electron chi connectivity index (χ4n) is 2.84. The minimum Gasteiger partial charge on any atom is -0.338 e. The van der Waals surface area contributed by atoms with Crippen LogP contribution in [0.4, 0.5) is 0 Å². The molecule has 4 nitrogen and oxygen atoms in total. The van der Waals surface area contributed by atoms with Crippen molar-refractivity contribution in [3.63, 3.8) is 0 Å². The highest BCUT2D eigenvalue weighted by Crippen LogP contribution is 2.23. The molecular formula is C12H23N3O. The van der Waals surface area contributed by atoms with Crippen molar-refractivity contribution in [3.05, 3.63) is 0 Å². The van der Waals surface area contributed by atoms with Gasteiger partial charge in [-0.05, 0) is 39.7 Å². The van der Waals surface area contributed by atoms with Gasteiger partial charge in [0.1, 0.15) is 0 Å². The lowest BCUT2D eigenvalue weighted by atomic mass is 9.94. The van der Waals surface area contributed by atoms with Gasteiger partial charge >= 0.3 is 0 Å². The first-order valence-corrected chi connectivity index (χ1v) is 6.36. The maximum atomic E-state index is 12.0. The second-order valence-electron chi connectivity index (χ2n) is 5.29. The van der Waals surface area contributed by atoms with Crippen LogP contribution in [-0.4, -0.2) is 54.0 Å². The van der Waals surface area contributed by atoms with Gasteiger partial charge in [0.2, 0.25) is 5.91 Å². The molecule has 0 aromatic carbocycles. The first kappa shape index (κ1) is 11.9. The van der Waals surface area contributed by atoms with Gasteiger partial charge in [0.15, 0.2) is 0 Å². The second-order valence-corrected chi connectivity index (χ2v) is 5.29. The predicted octanol–water partition coefficient (Wildman–Crippen LogP) is 0.419. The molecule has 3 atom stereocenters. The molecule has 0 saturated carbocycles. The highest BCUT2D eigenvalue weighted by Gasteiger charge is 2.34. The van der Waals surface area contributed by atoms with E-state index in [1.54, 1.807) is 0 Å².